The van der Waals surface area contributed by atoms with Crippen molar-refractivity contribution in [1.82, 2.24) is 14.9 Å². The normalized spacial score (nSPS) is 24.1. The summed E-state index contributed by atoms with van der Waals surface area (Å²) in [7, 11) is -1.29. The fraction of sp³-hybridized carbons (Fsp3) is 0.944. The first-order chi connectivity index (χ1) is 12.4. The van der Waals surface area contributed by atoms with Gasteiger partial charge in [0.15, 0.2) is 5.96 Å². The van der Waals surface area contributed by atoms with E-state index in [1.165, 1.54) is 31.9 Å². The van der Waals surface area contributed by atoms with Crippen LogP contribution in [0.2, 0.25) is 0 Å². The molecule has 0 radical (unpaired) electrons. The molecule has 2 fully saturated rings. The maximum Gasteiger partial charge on any atom is 0.211 e. The van der Waals surface area contributed by atoms with Crippen LogP contribution in [0.25, 0.3) is 0 Å². The minimum atomic E-state index is -3.07. The Bertz CT molecular complexity index is 559. The quantitative estimate of drug-likeness (QED) is 0.355. The zero-order valence-corrected chi connectivity index (χ0v) is 17.4. The topological polar surface area (TPSA) is 83.0 Å². The Kier molecular flexibility index (Phi) is 8.16. The molecule has 8 heteroatoms. The summed E-state index contributed by atoms with van der Waals surface area (Å²) >= 11 is 0. The van der Waals surface area contributed by atoms with E-state index in [1.807, 2.05) is 6.92 Å². The molecule has 0 spiro atoms. The first-order valence-electron chi connectivity index (χ1n) is 9.86. The van der Waals surface area contributed by atoms with Gasteiger partial charge in [-0.3, -0.25) is 4.99 Å². The standard InChI is InChI=1S/C18H36N4O3S/c1-4-25-12-10-18(8-5-6-9-18)15-21-17(19-2)20-13-16-7-11-22(14-16)26(3,23)24/h16H,4-15H2,1-3H3,(H2,19,20,21). The lowest BCUT2D eigenvalue weighted by molar-refractivity contribution is 0.105. The largest absolute Gasteiger partial charge is 0.382 e. The van der Waals surface area contributed by atoms with E-state index < -0.39 is 10.0 Å². The summed E-state index contributed by atoms with van der Waals surface area (Å²) in [6.07, 6.45) is 8.36. The monoisotopic (exact) mass is 388 g/mol. The number of nitrogens with one attached hydrogen (secondary N) is 2. The Labute approximate surface area is 159 Å². The van der Waals surface area contributed by atoms with Crippen LogP contribution in [-0.2, 0) is 14.8 Å². The van der Waals surface area contributed by atoms with Crippen molar-refractivity contribution >= 4 is 16.0 Å². The van der Waals surface area contributed by atoms with E-state index in [-0.39, 0.29) is 0 Å². The van der Waals surface area contributed by atoms with E-state index in [9.17, 15) is 8.42 Å². The van der Waals surface area contributed by atoms with Crippen molar-refractivity contribution in [2.24, 2.45) is 16.3 Å². The third-order valence-electron chi connectivity index (χ3n) is 5.78. The average Bonchev–Trinajstić information content (AvgIpc) is 3.25. The van der Waals surface area contributed by atoms with Crippen LogP contribution < -0.4 is 10.6 Å². The van der Waals surface area contributed by atoms with Crippen LogP contribution in [0.3, 0.4) is 0 Å². The number of rotatable bonds is 9. The number of guanidine groups is 1. The molecular weight excluding hydrogens is 352 g/mol. The van der Waals surface area contributed by atoms with Gasteiger partial charge in [-0.05, 0) is 43.9 Å². The second-order valence-corrected chi connectivity index (χ2v) is 9.72. The van der Waals surface area contributed by atoms with Gasteiger partial charge >= 0.3 is 0 Å². The molecule has 152 valence electrons. The van der Waals surface area contributed by atoms with Crippen molar-refractivity contribution in [2.45, 2.75) is 45.4 Å². The van der Waals surface area contributed by atoms with Gasteiger partial charge < -0.3 is 15.4 Å². The molecule has 26 heavy (non-hydrogen) atoms. The Morgan fingerprint density at radius 2 is 2.04 bits per heavy atom. The summed E-state index contributed by atoms with van der Waals surface area (Å²) < 4.78 is 30.4. The molecule has 0 aromatic carbocycles. The highest BCUT2D eigenvalue weighted by atomic mass is 32.2. The molecule has 1 saturated heterocycles. The van der Waals surface area contributed by atoms with E-state index in [1.54, 1.807) is 11.4 Å². The summed E-state index contributed by atoms with van der Waals surface area (Å²) in [5.41, 5.74) is 0.313. The number of sulfonamides is 1. The summed E-state index contributed by atoms with van der Waals surface area (Å²) in [6.45, 7) is 6.53. The van der Waals surface area contributed by atoms with Gasteiger partial charge in [0.05, 0.1) is 6.26 Å². The van der Waals surface area contributed by atoms with Gasteiger partial charge in [-0.25, -0.2) is 12.7 Å². The third kappa shape index (κ3) is 6.39. The molecule has 1 unspecified atom stereocenters. The Morgan fingerprint density at radius 3 is 2.62 bits per heavy atom. The molecule has 2 N–H and O–H groups in total. The van der Waals surface area contributed by atoms with Gasteiger partial charge in [0.1, 0.15) is 0 Å². The van der Waals surface area contributed by atoms with Crippen LogP contribution in [0.15, 0.2) is 4.99 Å². The minimum Gasteiger partial charge on any atom is -0.382 e. The molecule has 2 aliphatic rings. The van der Waals surface area contributed by atoms with Crippen LogP contribution >= 0.6 is 0 Å². The molecule has 1 aliphatic heterocycles. The molecule has 0 amide bonds. The molecule has 1 atom stereocenters. The first kappa shape index (κ1) is 21.4. The first-order valence-corrected chi connectivity index (χ1v) is 11.7. The van der Waals surface area contributed by atoms with Gasteiger partial charge in [0, 0.05) is 46.4 Å². The smallest absolute Gasteiger partial charge is 0.211 e. The summed E-state index contributed by atoms with van der Waals surface area (Å²) in [5, 5.41) is 6.87. The molecule has 0 aromatic rings. The highest BCUT2D eigenvalue weighted by Crippen LogP contribution is 2.40. The maximum atomic E-state index is 11.6. The fourth-order valence-corrected chi connectivity index (χ4v) is 4.99. The van der Waals surface area contributed by atoms with E-state index in [4.69, 9.17) is 4.74 Å². The molecule has 1 heterocycles. The Morgan fingerprint density at radius 1 is 1.31 bits per heavy atom. The van der Waals surface area contributed by atoms with Gasteiger partial charge in [0.25, 0.3) is 0 Å². The van der Waals surface area contributed by atoms with Crippen molar-refractivity contribution < 1.29 is 13.2 Å². The van der Waals surface area contributed by atoms with Crippen molar-refractivity contribution in [2.75, 3.05) is 52.7 Å². The molecular formula is C18H36N4O3S. The van der Waals surface area contributed by atoms with Gasteiger partial charge in [-0.15, -0.1) is 0 Å². The van der Waals surface area contributed by atoms with E-state index in [0.717, 1.165) is 45.1 Å². The molecule has 2 rings (SSSR count). The van der Waals surface area contributed by atoms with E-state index >= 15 is 0 Å². The molecule has 0 bridgehead atoms. The Balaban J connectivity index is 1.76. The zero-order chi connectivity index (χ0) is 19.0. The van der Waals surface area contributed by atoms with Crippen LogP contribution in [0.4, 0.5) is 0 Å². The van der Waals surface area contributed by atoms with Gasteiger partial charge in [0.2, 0.25) is 10.0 Å². The van der Waals surface area contributed by atoms with Crippen LogP contribution in [0.5, 0.6) is 0 Å². The fourth-order valence-electron chi connectivity index (χ4n) is 4.07. The van der Waals surface area contributed by atoms with E-state index in [0.29, 0.717) is 24.4 Å². The third-order valence-corrected chi connectivity index (χ3v) is 7.04. The second kappa shape index (κ2) is 9.90. The lowest BCUT2D eigenvalue weighted by atomic mass is 9.83. The highest BCUT2D eigenvalue weighted by molar-refractivity contribution is 7.88. The van der Waals surface area contributed by atoms with Crippen LogP contribution in [0, 0.1) is 11.3 Å². The van der Waals surface area contributed by atoms with Crippen molar-refractivity contribution in [3.8, 4) is 0 Å². The predicted molar refractivity (Wildman–Crippen MR) is 106 cm³/mol. The second-order valence-electron chi connectivity index (χ2n) is 7.74. The molecule has 1 saturated carbocycles. The van der Waals surface area contributed by atoms with Gasteiger partial charge in [-0.2, -0.15) is 0 Å². The van der Waals surface area contributed by atoms with Crippen LogP contribution in [0.1, 0.15) is 45.4 Å². The minimum absolute atomic E-state index is 0.313. The Hall–Kier alpha value is -0.860. The SMILES string of the molecule is CCOCCC1(CNC(=NC)NCC2CCN(S(C)(=O)=O)C2)CCCC1. The lowest BCUT2D eigenvalue weighted by Crippen LogP contribution is -2.45. The number of nitrogens with zero attached hydrogens (tertiary/aromatic N) is 2. The maximum absolute atomic E-state index is 11.6. The summed E-state index contributed by atoms with van der Waals surface area (Å²) in [4.78, 5) is 4.34. The average molecular weight is 389 g/mol. The lowest BCUT2D eigenvalue weighted by Gasteiger charge is -2.30. The molecule has 0 aromatic heterocycles. The molecule has 7 nitrogen and oxygen atoms in total. The van der Waals surface area contributed by atoms with Gasteiger partial charge in [-0.1, -0.05) is 12.8 Å². The highest BCUT2D eigenvalue weighted by Gasteiger charge is 2.34. The molecule has 1 aliphatic carbocycles. The van der Waals surface area contributed by atoms with Crippen molar-refractivity contribution in [3.05, 3.63) is 0 Å². The number of hydrogen-bond acceptors (Lipinski definition) is 4. The number of hydrogen-bond donors (Lipinski definition) is 2. The van der Waals surface area contributed by atoms with Crippen molar-refractivity contribution in [3.63, 3.8) is 0 Å². The summed E-state index contributed by atoms with van der Waals surface area (Å²) in [5.74, 6) is 1.15. The van der Waals surface area contributed by atoms with Crippen molar-refractivity contribution in [1.29, 1.82) is 0 Å². The zero-order valence-electron chi connectivity index (χ0n) is 16.6. The predicted octanol–water partition coefficient (Wildman–Crippen LogP) is 1.42. The summed E-state index contributed by atoms with van der Waals surface area (Å²) in [6, 6.07) is 0. The van der Waals surface area contributed by atoms with Crippen LogP contribution in [-0.4, -0.2) is 71.4 Å². The van der Waals surface area contributed by atoms with E-state index in [2.05, 4.69) is 15.6 Å². The number of ether oxygens (including phenoxy) is 1. The number of aliphatic imine (C=N–C) groups is 1.